The molecule has 1 aromatic rings. The fraction of sp³-hybridized carbons (Fsp3) is 0.680. The number of nitrogens with one attached hydrogen (secondary N) is 2. The molecule has 34 heavy (non-hydrogen) atoms. The number of alkyl carbamates (subject to hydrolysis) is 1. The smallest absolute Gasteiger partial charge is 0.407 e. The number of aromatic nitrogens is 1. The van der Waals surface area contributed by atoms with Crippen LogP contribution in [0.2, 0.25) is 0 Å². The zero-order valence-corrected chi connectivity index (χ0v) is 20.0. The normalized spacial score (nSPS) is 18.6. The van der Waals surface area contributed by atoms with E-state index in [9.17, 15) is 14.4 Å². The third-order valence-electron chi connectivity index (χ3n) is 6.99. The summed E-state index contributed by atoms with van der Waals surface area (Å²) < 4.78 is 10.3. The molecule has 3 aliphatic rings. The first-order chi connectivity index (χ1) is 16.5. The van der Waals surface area contributed by atoms with Crippen LogP contribution in [-0.4, -0.2) is 66.7 Å². The molecule has 186 valence electrons. The Hall–Kier alpha value is -2.84. The molecule has 1 aromatic heterocycles. The van der Waals surface area contributed by atoms with Gasteiger partial charge < -0.3 is 25.0 Å². The van der Waals surface area contributed by atoms with Crippen molar-refractivity contribution >= 4 is 23.8 Å². The lowest BCUT2D eigenvalue weighted by molar-refractivity contribution is -0.149. The highest BCUT2D eigenvalue weighted by Crippen LogP contribution is 2.26. The number of ether oxygens (including phenoxy) is 2. The first kappa shape index (κ1) is 24.3. The van der Waals surface area contributed by atoms with Gasteiger partial charge in [0.15, 0.2) is 0 Å². The Labute approximate surface area is 201 Å². The lowest BCUT2D eigenvalue weighted by Gasteiger charge is -2.40. The van der Waals surface area contributed by atoms with Gasteiger partial charge >= 0.3 is 12.1 Å². The molecule has 3 heterocycles. The maximum absolute atomic E-state index is 12.7. The minimum atomic E-state index is -1.03. The molecule has 1 saturated heterocycles. The van der Waals surface area contributed by atoms with Crippen LogP contribution in [0.3, 0.4) is 0 Å². The van der Waals surface area contributed by atoms with Gasteiger partial charge in [-0.2, -0.15) is 0 Å². The number of rotatable bonds is 10. The quantitative estimate of drug-likeness (QED) is 0.504. The summed E-state index contributed by atoms with van der Waals surface area (Å²) in [7, 11) is 0. The van der Waals surface area contributed by atoms with Crippen LogP contribution in [0.5, 0.6) is 0 Å². The maximum Gasteiger partial charge on any atom is 0.407 e. The van der Waals surface area contributed by atoms with Gasteiger partial charge in [0, 0.05) is 25.3 Å². The van der Waals surface area contributed by atoms with Crippen molar-refractivity contribution in [1.82, 2.24) is 15.2 Å². The van der Waals surface area contributed by atoms with Gasteiger partial charge in [-0.25, -0.2) is 14.6 Å². The highest BCUT2D eigenvalue weighted by molar-refractivity contribution is 5.88. The first-order valence-electron chi connectivity index (χ1n) is 12.6. The van der Waals surface area contributed by atoms with Crippen LogP contribution in [0.1, 0.15) is 56.7 Å². The summed E-state index contributed by atoms with van der Waals surface area (Å²) >= 11 is 0. The van der Waals surface area contributed by atoms with Crippen LogP contribution < -0.4 is 10.6 Å². The minimum Gasteiger partial charge on any atom is -0.464 e. The average molecular weight is 473 g/mol. The van der Waals surface area contributed by atoms with Gasteiger partial charge in [-0.15, -0.1) is 0 Å². The molecule has 2 aliphatic heterocycles. The molecule has 1 saturated carbocycles. The fourth-order valence-corrected chi connectivity index (χ4v) is 4.59. The third-order valence-corrected chi connectivity index (χ3v) is 6.99. The Morgan fingerprint density at radius 2 is 2.00 bits per heavy atom. The number of fused-ring (bicyclic) bond motifs is 1. The van der Waals surface area contributed by atoms with E-state index in [0.717, 1.165) is 63.0 Å². The van der Waals surface area contributed by atoms with Crippen LogP contribution in [0.15, 0.2) is 12.1 Å². The molecular formula is C25H36N4O5. The molecule has 2 amide bonds. The van der Waals surface area contributed by atoms with Crippen molar-refractivity contribution in [2.75, 3.05) is 38.2 Å². The van der Waals surface area contributed by atoms with Crippen LogP contribution in [-0.2, 0) is 31.9 Å². The van der Waals surface area contributed by atoms with E-state index in [2.05, 4.69) is 22.8 Å². The van der Waals surface area contributed by atoms with Crippen molar-refractivity contribution in [2.24, 2.45) is 11.8 Å². The average Bonchev–Trinajstić information content (AvgIpc) is 2.76. The molecular weight excluding hydrogens is 436 g/mol. The number of carbonyl (C=O) groups is 3. The van der Waals surface area contributed by atoms with Gasteiger partial charge in [-0.1, -0.05) is 12.5 Å². The zero-order chi connectivity index (χ0) is 23.9. The second-order valence-corrected chi connectivity index (χ2v) is 9.59. The summed E-state index contributed by atoms with van der Waals surface area (Å²) in [5.74, 6) is 1.05. The number of esters is 1. The van der Waals surface area contributed by atoms with E-state index < -0.39 is 18.1 Å². The number of anilines is 1. The van der Waals surface area contributed by atoms with E-state index in [0.29, 0.717) is 31.5 Å². The molecule has 0 aromatic carbocycles. The molecule has 1 aliphatic carbocycles. The monoisotopic (exact) mass is 472 g/mol. The number of pyridine rings is 1. The predicted octanol–water partition coefficient (Wildman–Crippen LogP) is 2.68. The lowest BCUT2D eigenvalue weighted by atomic mass is 9.86. The van der Waals surface area contributed by atoms with E-state index in [4.69, 9.17) is 14.5 Å². The second kappa shape index (κ2) is 11.5. The first-order valence-corrected chi connectivity index (χ1v) is 12.6. The van der Waals surface area contributed by atoms with E-state index in [1.165, 1.54) is 5.56 Å². The summed E-state index contributed by atoms with van der Waals surface area (Å²) in [5, 5.41) is 5.89. The number of carbonyl (C=O) groups excluding carboxylic acids is 3. The molecule has 9 nitrogen and oxygen atoms in total. The number of hydrogen-bond donors (Lipinski definition) is 2. The molecule has 2 N–H and O–H groups in total. The van der Waals surface area contributed by atoms with Crippen LogP contribution in [0, 0.1) is 11.8 Å². The van der Waals surface area contributed by atoms with Gasteiger partial charge in [0.05, 0.1) is 19.6 Å². The van der Waals surface area contributed by atoms with Gasteiger partial charge in [-0.05, 0) is 68.9 Å². The zero-order valence-electron chi connectivity index (χ0n) is 20.0. The molecule has 0 radical (unpaired) electrons. The summed E-state index contributed by atoms with van der Waals surface area (Å²) in [4.78, 5) is 43.6. The number of aryl methyl sites for hydroxylation is 2. The highest BCUT2D eigenvalue weighted by Gasteiger charge is 2.34. The molecule has 1 atom stereocenters. The molecule has 2 fully saturated rings. The Morgan fingerprint density at radius 3 is 2.74 bits per heavy atom. The number of hydrogen-bond acceptors (Lipinski definition) is 7. The molecule has 0 bridgehead atoms. The highest BCUT2D eigenvalue weighted by atomic mass is 16.6. The standard InChI is InChI=1S/C25H36N4O5/c1-2-33-24(31)21(28-25(32)34-16-17-5-3-6-17)13-22(30)29-14-18(15-29)8-10-20-11-9-19-7-4-12-26-23(19)27-20/h9,11,17-18,21H,2-8,10,12-16H2,1H3,(H,26,27)(H,28,32). The Morgan fingerprint density at radius 1 is 1.18 bits per heavy atom. The largest absolute Gasteiger partial charge is 0.464 e. The topological polar surface area (TPSA) is 110 Å². The number of nitrogens with zero attached hydrogens (tertiary/aromatic N) is 2. The summed E-state index contributed by atoms with van der Waals surface area (Å²) in [5.41, 5.74) is 2.36. The van der Waals surface area contributed by atoms with Gasteiger partial charge in [0.25, 0.3) is 0 Å². The SMILES string of the molecule is CCOC(=O)C(CC(=O)N1CC(CCc2ccc3c(n2)NCCC3)C1)NC(=O)OCC1CCC1. The fourth-order valence-electron chi connectivity index (χ4n) is 4.59. The second-order valence-electron chi connectivity index (χ2n) is 9.59. The van der Waals surface area contributed by atoms with E-state index in [1.807, 2.05) is 0 Å². The van der Waals surface area contributed by atoms with Crippen molar-refractivity contribution < 1.29 is 23.9 Å². The number of amides is 2. The van der Waals surface area contributed by atoms with Crippen molar-refractivity contribution in [2.45, 2.75) is 64.3 Å². The van der Waals surface area contributed by atoms with Crippen LogP contribution in [0.4, 0.5) is 10.6 Å². The molecule has 1 unspecified atom stereocenters. The summed E-state index contributed by atoms with van der Waals surface area (Å²) in [6, 6.07) is 3.24. The minimum absolute atomic E-state index is 0.123. The summed E-state index contributed by atoms with van der Waals surface area (Å²) in [6.07, 6.45) is 6.54. The van der Waals surface area contributed by atoms with Crippen molar-refractivity contribution in [3.8, 4) is 0 Å². The van der Waals surface area contributed by atoms with Crippen LogP contribution in [0.25, 0.3) is 0 Å². The number of likely N-dealkylation sites (tertiary alicyclic amines) is 1. The third kappa shape index (κ3) is 6.39. The molecule has 0 spiro atoms. The Balaban J connectivity index is 1.20. The maximum atomic E-state index is 12.7. The van der Waals surface area contributed by atoms with E-state index in [1.54, 1.807) is 11.8 Å². The Bertz CT molecular complexity index is 882. The van der Waals surface area contributed by atoms with Crippen LogP contribution >= 0.6 is 0 Å². The van der Waals surface area contributed by atoms with Crippen molar-refractivity contribution in [1.29, 1.82) is 0 Å². The predicted molar refractivity (Wildman–Crippen MR) is 126 cm³/mol. The van der Waals surface area contributed by atoms with Crippen molar-refractivity contribution in [3.63, 3.8) is 0 Å². The molecule has 9 heteroatoms. The summed E-state index contributed by atoms with van der Waals surface area (Å²) in [6.45, 7) is 4.51. The van der Waals surface area contributed by atoms with E-state index >= 15 is 0 Å². The molecule has 4 rings (SSSR count). The van der Waals surface area contributed by atoms with E-state index in [-0.39, 0.29) is 18.9 Å². The Kier molecular flexibility index (Phi) is 8.24. The van der Waals surface area contributed by atoms with Gasteiger partial charge in [0.2, 0.25) is 5.91 Å². The van der Waals surface area contributed by atoms with Crippen molar-refractivity contribution in [3.05, 3.63) is 23.4 Å². The lowest BCUT2D eigenvalue weighted by Crippen LogP contribution is -2.53. The van der Waals surface area contributed by atoms with Gasteiger partial charge in [-0.3, -0.25) is 4.79 Å². The van der Waals surface area contributed by atoms with Gasteiger partial charge in [0.1, 0.15) is 11.9 Å².